The number of benzene rings is 2. The van der Waals surface area contributed by atoms with Crippen molar-refractivity contribution in [2.75, 3.05) is 13.7 Å². The van der Waals surface area contributed by atoms with Gasteiger partial charge >= 0.3 is 6.36 Å². The summed E-state index contributed by atoms with van der Waals surface area (Å²) in [7, 11) is 1.59. The molecule has 162 valence electrons. The second kappa shape index (κ2) is 8.29. The van der Waals surface area contributed by atoms with Crippen LogP contribution in [0, 0.1) is 0 Å². The number of ether oxygens (including phenoxy) is 2. The Morgan fingerprint density at radius 3 is 2.42 bits per heavy atom. The number of aromatic nitrogens is 2. The average molecular weight is 433 g/mol. The molecule has 3 aromatic rings. The summed E-state index contributed by atoms with van der Waals surface area (Å²) < 4.78 is 51.1. The number of rotatable bonds is 6. The summed E-state index contributed by atoms with van der Waals surface area (Å²) in [5.74, 6) is 0.682. The van der Waals surface area contributed by atoms with Crippen LogP contribution < -0.4 is 9.47 Å². The van der Waals surface area contributed by atoms with E-state index in [4.69, 9.17) is 9.26 Å². The fourth-order valence-electron chi connectivity index (χ4n) is 3.37. The van der Waals surface area contributed by atoms with Gasteiger partial charge < -0.3 is 18.9 Å². The van der Waals surface area contributed by atoms with Crippen molar-refractivity contribution >= 4 is 5.91 Å². The van der Waals surface area contributed by atoms with Gasteiger partial charge in [-0.2, -0.15) is 4.98 Å². The van der Waals surface area contributed by atoms with Crippen LogP contribution in [0.1, 0.15) is 23.8 Å². The number of likely N-dealkylation sites (tertiary alicyclic amines) is 1. The summed E-state index contributed by atoms with van der Waals surface area (Å²) in [4.78, 5) is 18.5. The Bertz CT molecular complexity index is 1050. The van der Waals surface area contributed by atoms with E-state index in [1.807, 2.05) is 24.3 Å². The fraction of sp³-hybridized carbons (Fsp3) is 0.286. The largest absolute Gasteiger partial charge is 0.573 e. The Kier molecular flexibility index (Phi) is 5.53. The Labute approximate surface area is 175 Å². The number of carbonyl (C=O) groups is 1. The molecule has 0 bridgehead atoms. The van der Waals surface area contributed by atoms with Gasteiger partial charge in [0.25, 0.3) is 0 Å². The molecule has 1 unspecified atom stereocenters. The van der Waals surface area contributed by atoms with Crippen molar-refractivity contribution in [3.05, 3.63) is 60.0 Å². The fourth-order valence-corrected chi connectivity index (χ4v) is 3.37. The number of carbonyl (C=O) groups excluding carboxylic acids is 1. The third kappa shape index (κ3) is 4.96. The van der Waals surface area contributed by atoms with Crippen LogP contribution in [0.5, 0.6) is 11.5 Å². The summed E-state index contributed by atoms with van der Waals surface area (Å²) >= 11 is 0. The molecule has 4 rings (SSSR count). The lowest BCUT2D eigenvalue weighted by molar-refractivity contribution is -0.274. The van der Waals surface area contributed by atoms with Gasteiger partial charge in [-0.3, -0.25) is 4.79 Å². The maximum Gasteiger partial charge on any atom is 0.573 e. The Hall–Kier alpha value is -3.56. The molecule has 10 heteroatoms. The van der Waals surface area contributed by atoms with E-state index in [0.717, 1.165) is 11.3 Å². The first kappa shape index (κ1) is 20.7. The summed E-state index contributed by atoms with van der Waals surface area (Å²) in [5.41, 5.74) is 1.45. The van der Waals surface area contributed by atoms with Crippen molar-refractivity contribution < 1.29 is 32.0 Å². The molecule has 1 fully saturated rings. The van der Waals surface area contributed by atoms with Crippen LogP contribution in [0.25, 0.3) is 11.4 Å². The van der Waals surface area contributed by atoms with Crippen LogP contribution in [0.15, 0.2) is 53.1 Å². The second-order valence-corrected chi connectivity index (χ2v) is 7.05. The molecule has 1 amide bonds. The highest BCUT2D eigenvalue weighted by Crippen LogP contribution is 2.31. The minimum atomic E-state index is -4.76. The Morgan fingerprint density at radius 1 is 1.10 bits per heavy atom. The first-order valence-electron chi connectivity index (χ1n) is 9.41. The van der Waals surface area contributed by atoms with Crippen molar-refractivity contribution in [2.45, 2.75) is 25.2 Å². The predicted molar refractivity (Wildman–Crippen MR) is 102 cm³/mol. The summed E-state index contributed by atoms with van der Waals surface area (Å²) in [6.07, 6.45) is -4.51. The lowest BCUT2D eigenvalue weighted by atomic mass is 10.1. The summed E-state index contributed by atoms with van der Waals surface area (Å²) in [6, 6.07) is 12.6. The second-order valence-electron chi connectivity index (χ2n) is 7.05. The summed E-state index contributed by atoms with van der Waals surface area (Å²) in [6.45, 7) is 0.895. The van der Waals surface area contributed by atoms with Gasteiger partial charge in [0.1, 0.15) is 11.5 Å². The molecule has 1 aliphatic rings. The van der Waals surface area contributed by atoms with Crippen molar-refractivity contribution in [1.29, 1.82) is 0 Å². The highest BCUT2D eigenvalue weighted by molar-refractivity contribution is 5.79. The lowest BCUT2D eigenvalue weighted by Gasteiger charge is -2.16. The molecule has 7 nitrogen and oxygen atoms in total. The zero-order valence-corrected chi connectivity index (χ0v) is 16.4. The average Bonchev–Trinajstić information content (AvgIpc) is 3.35. The molecule has 0 radical (unpaired) electrons. The first-order chi connectivity index (χ1) is 14.8. The van der Waals surface area contributed by atoms with Gasteiger partial charge in [0.2, 0.25) is 17.6 Å². The smallest absolute Gasteiger partial charge is 0.497 e. The molecule has 2 heterocycles. The molecule has 1 aliphatic heterocycles. The Balaban J connectivity index is 1.41. The van der Waals surface area contributed by atoms with Gasteiger partial charge in [0.15, 0.2) is 0 Å². The van der Waals surface area contributed by atoms with Crippen molar-refractivity contribution in [2.24, 2.45) is 0 Å². The third-order valence-electron chi connectivity index (χ3n) is 4.88. The lowest BCUT2D eigenvalue weighted by Crippen LogP contribution is -2.24. The van der Waals surface area contributed by atoms with E-state index in [1.54, 1.807) is 12.0 Å². The highest BCUT2D eigenvalue weighted by Gasteiger charge is 2.34. The zero-order valence-electron chi connectivity index (χ0n) is 16.4. The number of hydrogen-bond acceptors (Lipinski definition) is 6. The monoisotopic (exact) mass is 433 g/mol. The molecule has 2 aromatic carbocycles. The van der Waals surface area contributed by atoms with E-state index >= 15 is 0 Å². The van der Waals surface area contributed by atoms with Crippen LogP contribution in [0.4, 0.5) is 13.2 Å². The maximum absolute atomic E-state index is 12.4. The molecule has 31 heavy (non-hydrogen) atoms. The molecule has 1 atom stereocenters. The minimum Gasteiger partial charge on any atom is -0.497 e. The molecule has 0 spiro atoms. The summed E-state index contributed by atoms with van der Waals surface area (Å²) in [5, 5.41) is 3.90. The number of hydrogen-bond donors (Lipinski definition) is 0. The maximum atomic E-state index is 12.4. The minimum absolute atomic E-state index is 0.0192. The first-order valence-corrected chi connectivity index (χ1v) is 9.41. The van der Waals surface area contributed by atoms with Crippen molar-refractivity contribution in [3.63, 3.8) is 0 Å². The normalized spacial score (nSPS) is 16.6. The highest BCUT2D eigenvalue weighted by atomic mass is 19.4. The third-order valence-corrected chi connectivity index (χ3v) is 4.88. The van der Waals surface area contributed by atoms with Crippen LogP contribution in [0.2, 0.25) is 0 Å². The van der Waals surface area contributed by atoms with E-state index in [2.05, 4.69) is 14.9 Å². The van der Waals surface area contributed by atoms with Gasteiger partial charge in [0, 0.05) is 25.1 Å². The van der Waals surface area contributed by atoms with Crippen LogP contribution in [-0.2, 0) is 11.3 Å². The van der Waals surface area contributed by atoms with E-state index in [0.29, 0.717) is 24.5 Å². The van der Waals surface area contributed by atoms with Crippen LogP contribution in [0.3, 0.4) is 0 Å². The standard InChI is InChI=1S/C21H18F3N3O4/c1-29-16-6-2-13(3-7-16)11-27-12-15(10-18(27)28)20-25-19(26-31-20)14-4-8-17(9-5-14)30-21(22,23)24/h2-9,15H,10-12H2,1H3. The molecular weight excluding hydrogens is 415 g/mol. The number of nitrogens with zero attached hydrogens (tertiary/aromatic N) is 3. The zero-order chi connectivity index (χ0) is 22.0. The SMILES string of the molecule is COc1ccc(CN2CC(c3nc(-c4ccc(OC(F)(F)F)cc4)no3)CC2=O)cc1. The molecule has 0 aliphatic carbocycles. The molecule has 1 aromatic heterocycles. The molecule has 0 N–H and O–H groups in total. The van der Waals surface area contributed by atoms with E-state index < -0.39 is 6.36 Å². The Morgan fingerprint density at radius 2 is 1.77 bits per heavy atom. The van der Waals surface area contributed by atoms with Crippen LogP contribution in [-0.4, -0.2) is 41.0 Å². The van der Waals surface area contributed by atoms with Gasteiger partial charge in [-0.25, -0.2) is 0 Å². The molecule has 1 saturated heterocycles. The van der Waals surface area contributed by atoms with E-state index in [9.17, 15) is 18.0 Å². The number of methoxy groups -OCH3 is 1. The van der Waals surface area contributed by atoms with Crippen molar-refractivity contribution in [1.82, 2.24) is 15.0 Å². The van der Waals surface area contributed by atoms with E-state index in [-0.39, 0.29) is 29.8 Å². The van der Waals surface area contributed by atoms with E-state index in [1.165, 1.54) is 24.3 Å². The van der Waals surface area contributed by atoms with Gasteiger partial charge in [-0.05, 0) is 42.0 Å². The van der Waals surface area contributed by atoms with Crippen LogP contribution >= 0.6 is 0 Å². The molecular formula is C21H18F3N3O4. The predicted octanol–water partition coefficient (Wildman–Crippen LogP) is 4.16. The van der Waals surface area contributed by atoms with Gasteiger partial charge in [-0.15, -0.1) is 13.2 Å². The van der Waals surface area contributed by atoms with Crippen molar-refractivity contribution in [3.8, 4) is 22.9 Å². The van der Waals surface area contributed by atoms with Gasteiger partial charge in [-0.1, -0.05) is 17.3 Å². The molecule has 0 saturated carbocycles. The number of amides is 1. The topological polar surface area (TPSA) is 77.7 Å². The number of halogens is 3. The van der Waals surface area contributed by atoms with Gasteiger partial charge in [0.05, 0.1) is 13.0 Å². The quantitative estimate of drug-likeness (QED) is 0.581. The number of alkyl halides is 3.